The van der Waals surface area contributed by atoms with E-state index >= 15 is 0 Å². The van der Waals surface area contributed by atoms with Gasteiger partial charge in [-0.1, -0.05) is 12.1 Å². The summed E-state index contributed by atoms with van der Waals surface area (Å²) in [5.74, 6) is -0.366. The number of aryl methyl sites for hydroxylation is 1. The number of guanidine groups is 1. The minimum Gasteiger partial charge on any atom is -0.359 e. The van der Waals surface area contributed by atoms with Crippen molar-refractivity contribution in [1.82, 2.24) is 19.7 Å². The molecule has 0 atom stereocenters. The van der Waals surface area contributed by atoms with Crippen LogP contribution in [0.4, 0.5) is 21.5 Å². The van der Waals surface area contributed by atoms with Gasteiger partial charge < -0.3 is 20.5 Å². The lowest BCUT2D eigenvalue weighted by molar-refractivity contribution is 0.607. The molecule has 0 unspecified atom stereocenters. The maximum Gasteiger partial charge on any atom is 0.278 e. The molecule has 0 amide bonds. The Bertz CT molecular complexity index is 1690. The Kier molecular flexibility index (Phi) is 6.48. The van der Waals surface area contributed by atoms with Crippen LogP contribution in [0.2, 0.25) is 0 Å². The second-order valence-electron chi connectivity index (χ2n) is 9.00. The van der Waals surface area contributed by atoms with Crippen molar-refractivity contribution in [3.05, 3.63) is 78.1 Å². The highest BCUT2D eigenvalue weighted by molar-refractivity contribution is 14.1. The Labute approximate surface area is 225 Å². The number of nitrogens with zero attached hydrogens (tertiary/aromatic N) is 3. The molecule has 1 fully saturated rings. The molecule has 2 heterocycles. The summed E-state index contributed by atoms with van der Waals surface area (Å²) in [6, 6.07) is 12.0. The van der Waals surface area contributed by atoms with Crippen molar-refractivity contribution in [2.75, 3.05) is 17.7 Å². The largest absolute Gasteiger partial charge is 0.359 e. The van der Waals surface area contributed by atoms with E-state index in [1.165, 1.54) is 15.3 Å². The third-order valence-electron chi connectivity index (χ3n) is 6.42. The zero-order valence-corrected chi connectivity index (χ0v) is 22.6. The maximum atomic E-state index is 14.8. The molecule has 11 heteroatoms. The summed E-state index contributed by atoms with van der Waals surface area (Å²) in [6.07, 6.45) is 1.66. The van der Waals surface area contributed by atoms with E-state index in [2.05, 4.69) is 16.0 Å². The van der Waals surface area contributed by atoms with Crippen molar-refractivity contribution in [2.45, 2.75) is 25.8 Å². The number of hydrogen-bond donors (Lipinski definition) is 4. The molecule has 0 spiro atoms. The first-order valence-corrected chi connectivity index (χ1v) is 12.8. The fourth-order valence-corrected chi connectivity index (χ4v) is 4.78. The molecule has 9 nitrogen and oxygen atoms in total. The monoisotopic (exact) mass is 613 g/mol. The Balaban J connectivity index is 1.82. The third kappa shape index (κ3) is 4.59. The fraction of sp³-hybridized carbons (Fsp3) is 0.231. The van der Waals surface area contributed by atoms with Gasteiger partial charge in [0.05, 0.1) is 28.3 Å². The van der Waals surface area contributed by atoms with Crippen LogP contribution in [0.5, 0.6) is 0 Å². The van der Waals surface area contributed by atoms with Gasteiger partial charge in [0.15, 0.2) is 5.96 Å². The molecule has 37 heavy (non-hydrogen) atoms. The van der Waals surface area contributed by atoms with E-state index in [0.29, 0.717) is 28.0 Å². The van der Waals surface area contributed by atoms with Crippen molar-refractivity contribution in [1.29, 1.82) is 5.41 Å². The zero-order chi connectivity index (χ0) is 26.4. The zero-order valence-electron chi connectivity index (χ0n) is 20.4. The number of pyridine rings is 1. The molecule has 0 aliphatic heterocycles. The first kappa shape index (κ1) is 24.9. The first-order chi connectivity index (χ1) is 17.7. The Morgan fingerprint density at radius 1 is 1.16 bits per heavy atom. The van der Waals surface area contributed by atoms with Crippen LogP contribution < -0.4 is 27.1 Å². The second kappa shape index (κ2) is 9.61. The molecule has 0 radical (unpaired) electrons. The minimum atomic E-state index is -0.484. The van der Waals surface area contributed by atoms with Crippen molar-refractivity contribution in [3.63, 3.8) is 0 Å². The number of hydrogen-bond acceptors (Lipinski definition) is 5. The molecular formula is C26H25FIN7O2. The van der Waals surface area contributed by atoms with Gasteiger partial charge >= 0.3 is 0 Å². The highest BCUT2D eigenvalue weighted by atomic mass is 127. The number of fused-ring (bicyclic) bond motifs is 1. The van der Waals surface area contributed by atoms with Crippen LogP contribution in [0.25, 0.3) is 22.2 Å². The van der Waals surface area contributed by atoms with Crippen LogP contribution in [-0.4, -0.2) is 27.4 Å². The number of halogens is 2. The van der Waals surface area contributed by atoms with E-state index in [1.807, 2.05) is 46.9 Å². The summed E-state index contributed by atoms with van der Waals surface area (Å²) in [6.45, 7) is 1.63. The molecule has 1 aliphatic carbocycles. The van der Waals surface area contributed by atoms with Gasteiger partial charge in [0, 0.05) is 34.5 Å². The van der Waals surface area contributed by atoms with Gasteiger partial charge in [0.25, 0.3) is 11.1 Å². The summed E-state index contributed by atoms with van der Waals surface area (Å²) < 4.78 is 18.4. The van der Waals surface area contributed by atoms with E-state index in [0.717, 1.165) is 16.4 Å². The normalized spacial score (nSPS) is 13.0. The average molecular weight is 613 g/mol. The van der Waals surface area contributed by atoms with Crippen molar-refractivity contribution in [2.24, 2.45) is 7.05 Å². The quantitative estimate of drug-likeness (QED) is 0.150. The van der Waals surface area contributed by atoms with Crippen molar-refractivity contribution >= 4 is 56.5 Å². The molecular weight excluding hydrogens is 588 g/mol. The molecule has 4 aromatic rings. The van der Waals surface area contributed by atoms with Crippen molar-refractivity contribution < 1.29 is 4.39 Å². The van der Waals surface area contributed by atoms with Gasteiger partial charge in [0.2, 0.25) is 0 Å². The van der Waals surface area contributed by atoms with Crippen LogP contribution in [0.3, 0.4) is 0 Å². The average Bonchev–Trinajstić information content (AvgIpc) is 3.72. The summed E-state index contributed by atoms with van der Waals surface area (Å²) in [5.41, 5.74) is 2.21. The van der Waals surface area contributed by atoms with Crippen LogP contribution in [-0.2, 0) is 7.05 Å². The SMILES string of the molecule is CNC(=N)Nc1cccc(-c2nn(C3CC3)c(=O)c3c(Nc4ccc(I)cc4F)c(C)c(=O)n(C)c23)c1. The van der Waals surface area contributed by atoms with E-state index in [4.69, 9.17) is 10.5 Å². The molecule has 2 aromatic heterocycles. The molecule has 2 aromatic carbocycles. The summed E-state index contributed by atoms with van der Waals surface area (Å²) in [7, 11) is 3.25. The predicted molar refractivity (Wildman–Crippen MR) is 152 cm³/mol. The molecule has 1 aliphatic rings. The Hall–Kier alpha value is -3.74. The van der Waals surface area contributed by atoms with Crippen LogP contribution >= 0.6 is 22.6 Å². The van der Waals surface area contributed by atoms with E-state index in [1.54, 1.807) is 33.2 Å². The maximum absolute atomic E-state index is 14.8. The van der Waals surface area contributed by atoms with Gasteiger partial charge in [-0.05, 0) is 72.7 Å². The molecule has 0 bridgehead atoms. The van der Waals surface area contributed by atoms with Gasteiger partial charge in [0.1, 0.15) is 11.5 Å². The van der Waals surface area contributed by atoms with Crippen LogP contribution in [0, 0.1) is 21.7 Å². The first-order valence-electron chi connectivity index (χ1n) is 11.7. The lowest BCUT2D eigenvalue weighted by atomic mass is 10.0. The number of aromatic nitrogens is 3. The molecule has 1 saturated carbocycles. The van der Waals surface area contributed by atoms with Gasteiger partial charge in [-0.15, -0.1) is 0 Å². The third-order valence-corrected chi connectivity index (χ3v) is 7.09. The second-order valence-corrected chi connectivity index (χ2v) is 10.2. The highest BCUT2D eigenvalue weighted by Crippen LogP contribution is 2.37. The minimum absolute atomic E-state index is 0.0325. The lowest BCUT2D eigenvalue weighted by Crippen LogP contribution is -2.30. The number of rotatable bonds is 5. The Morgan fingerprint density at radius 2 is 1.92 bits per heavy atom. The number of benzene rings is 2. The van der Waals surface area contributed by atoms with Gasteiger partial charge in [-0.25, -0.2) is 9.07 Å². The lowest BCUT2D eigenvalue weighted by Gasteiger charge is -2.19. The highest BCUT2D eigenvalue weighted by Gasteiger charge is 2.30. The molecule has 0 saturated heterocycles. The van der Waals surface area contributed by atoms with E-state index < -0.39 is 5.82 Å². The van der Waals surface area contributed by atoms with Crippen LogP contribution in [0.15, 0.2) is 52.1 Å². The Morgan fingerprint density at radius 3 is 2.59 bits per heavy atom. The topological polar surface area (TPSA) is 117 Å². The molecule has 4 N–H and O–H groups in total. The number of nitrogens with one attached hydrogen (secondary N) is 4. The van der Waals surface area contributed by atoms with E-state index in [9.17, 15) is 14.0 Å². The fourth-order valence-electron chi connectivity index (χ4n) is 4.33. The molecule has 5 rings (SSSR count). The van der Waals surface area contributed by atoms with Crippen molar-refractivity contribution in [3.8, 4) is 11.3 Å². The summed E-state index contributed by atoms with van der Waals surface area (Å²) in [5, 5.41) is 21.6. The van der Waals surface area contributed by atoms with Crippen LogP contribution in [0.1, 0.15) is 24.4 Å². The standard InChI is InChI=1S/C26H25FIN7O2/c1-13-21(32-19-10-7-15(28)12-18(19)27)20-23(34(3)24(13)36)22(33-35(25(20)37)17-8-9-17)14-5-4-6-16(11-14)31-26(29)30-2/h4-7,10-12,17,32H,8-9H2,1-3H3,(H3,29,30,31). The predicted octanol–water partition coefficient (Wildman–Crippen LogP) is 4.46. The van der Waals surface area contributed by atoms with Gasteiger partial charge in [-0.2, -0.15) is 5.10 Å². The summed E-state index contributed by atoms with van der Waals surface area (Å²) in [4.78, 5) is 27.2. The smallest absolute Gasteiger partial charge is 0.278 e. The number of anilines is 3. The van der Waals surface area contributed by atoms with Gasteiger partial charge in [-0.3, -0.25) is 15.0 Å². The summed E-state index contributed by atoms with van der Waals surface area (Å²) >= 11 is 2.03. The molecule has 190 valence electrons. The van der Waals surface area contributed by atoms with E-state index in [-0.39, 0.29) is 39.9 Å².